The lowest BCUT2D eigenvalue weighted by atomic mass is 9.93. The van der Waals surface area contributed by atoms with Crippen molar-refractivity contribution in [3.8, 4) is 0 Å². The number of imidazole rings is 1. The smallest absolute Gasteiger partial charge is 0.305 e. The molecule has 0 bridgehead atoms. The van der Waals surface area contributed by atoms with Crippen LogP contribution in [-0.2, 0) is 9.53 Å². The Morgan fingerprint density at radius 2 is 2.33 bits per heavy atom. The molecule has 1 aromatic rings. The number of rotatable bonds is 6. The van der Waals surface area contributed by atoms with Gasteiger partial charge < -0.3 is 19.5 Å². The quantitative estimate of drug-likeness (QED) is 0.371. The minimum absolute atomic E-state index is 0.138. The Hall–Kier alpha value is -2.05. The second-order valence-corrected chi connectivity index (χ2v) is 6.17. The molecule has 24 heavy (non-hydrogen) atoms. The van der Waals surface area contributed by atoms with Gasteiger partial charge in [-0.15, -0.1) is 0 Å². The molecule has 134 valence electrons. The minimum Gasteiger partial charge on any atom is -0.466 e. The van der Waals surface area contributed by atoms with Crippen LogP contribution in [0.4, 0.5) is 0 Å². The maximum absolute atomic E-state index is 11.4. The van der Waals surface area contributed by atoms with Gasteiger partial charge in [0.2, 0.25) is 0 Å². The number of guanidine groups is 1. The molecule has 7 nitrogen and oxygen atoms in total. The molecule has 1 fully saturated rings. The fraction of sp³-hybridized carbons (Fsp3) is 0.706. The van der Waals surface area contributed by atoms with Gasteiger partial charge in [-0.2, -0.15) is 0 Å². The molecule has 0 aliphatic carbocycles. The van der Waals surface area contributed by atoms with Crippen molar-refractivity contribution in [1.82, 2.24) is 19.8 Å². The Kier molecular flexibility index (Phi) is 7.08. The van der Waals surface area contributed by atoms with E-state index >= 15 is 0 Å². The van der Waals surface area contributed by atoms with Gasteiger partial charge in [-0.25, -0.2) is 4.98 Å². The van der Waals surface area contributed by atoms with E-state index in [0.717, 1.165) is 31.9 Å². The molecular weight excluding hydrogens is 306 g/mol. The van der Waals surface area contributed by atoms with Crippen molar-refractivity contribution in [3.05, 3.63) is 18.7 Å². The summed E-state index contributed by atoms with van der Waals surface area (Å²) >= 11 is 0. The number of aliphatic imine (C=N–C) groups is 1. The lowest BCUT2D eigenvalue weighted by Crippen LogP contribution is -2.49. The van der Waals surface area contributed by atoms with Crippen molar-refractivity contribution in [3.63, 3.8) is 0 Å². The van der Waals surface area contributed by atoms with Crippen LogP contribution in [0.25, 0.3) is 0 Å². The molecule has 1 aromatic heterocycles. The SMILES string of the molecule is CCOC(=O)CCCNC(=NC)N1CCC(C)C(n2ccnc2)C1. The van der Waals surface area contributed by atoms with E-state index in [9.17, 15) is 4.79 Å². The van der Waals surface area contributed by atoms with Crippen LogP contribution in [0, 0.1) is 5.92 Å². The zero-order valence-corrected chi connectivity index (χ0v) is 14.9. The lowest BCUT2D eigenvalue weighted by molar-refractivity contribution is -0.143. The molecule has 1 N–H and O–H groups in total. The largest absolute Gasteiger partial charge is 0.466 e. The number of carbonyl (C=O) groups excluding carboxylic acids is 1. The third-order valence-corrected chi connectivity index (χ3v) is 4.48. The molecule has 1 aliphatic heterocycles. The summed E-state index contributed by atoms with van der Waals surface area (Å²) in [5, 5.41) is 3.36. The summed E-state index contributed by atoms with van der Waals surface area (Å²) in [6.07, 6.45) is 8.04. The van der Waals surface area contributed by atoms with E-state index in [4.69, 9.17) is 4.74 Å². The monoisotopic (exact) mass is 335 g/mol. The standard InChI is InChI=1S/C17H29N5O2/c1-4-24-16(23)6-5-8-20-17(18-3)21-10-7-14(2)15(12-21)22-11-9-19-13-22/h9,11,13-15H,4-8,10,12H2,1-3H3,(H,18,20). The first kappa shape index (κ1) is 18.3. The second kappa shape index (κ2) is 9.30. The topological polar surface area (TPSA) is 71.8 Å². The lowest BCUT2D eigenvalue weighted by Gasteiger charge is -2.39. The van der Waals surface area contributed by atoms with E-state index in [0.29, 0.717) is 31.5 Å². The number of hydrogen-bond donors (Lipinski definition) is 1. The van der Waals surface area contributed by atoms with Crippen LogP contribution in [0.2, 0.25) is 0 Å². The molecule has 1 aliphatic rings. The van der Waals surface area contributed by atoms with Gasteiger partial charge in [0.25, 0.3) is 0 Å². The number of esters is 1. The van der Waals surface area contributed by atoms with E-state index < -0.39 is 0 Å². The van der Waals surface area contributed by atoms with E-state index in [1.807, 2.05) is 25.6 Å². The first-order chi connectivity index (χ1) is 11.7. The Morgan fingerprint density at radius 1 is 1.50 bits per heavy atom. The van der Waals surface area contributed by atoms with Crippen molar-refractivity contribution in [2.45, 2.75) is 39.2 Å². The van der Waals surface area contributed by atoms with Crippen LogP contribution in [0.3, 0.4) is 0 Å². The Bertz CT molecular complexity index is 529. The van der Waals surface area contributed by atoms with Gasteiger partial charge in [0.05, 0.1) is 19.0 Å². The summed E-state index contributed by atoms with van der Waals surface area (Å²) in [5.74, 6) is 1.37. The Labute approximate surface area is 144 Å². The number of carbonyl (C=O) groups is 1. The molecule has 0 aromatic carbocycles. The molecule has 0 radical (unpaired) electrons. The van der Waals surface area contributed by atoms with E-state index in [-0.39, 0.29) is 5.97 Å². The minimum atomic E-state index is -0.138. The number of ether oxygens (including phenoxy) is 1. The average molecular weight is 335 g/mol. The van der Waals surface area contributed by atoms with E-state index in [1.54, 1.807) is 7.05 Å². The van der Waals surface area contributed by atoms with Crippen LogP contribution < -0.4 is 5.32 Å². The summed E-state index contributed by atoms with van der Waals surface area (Å²) in [6, 6.07) is 0.402. The van der Waals surface area contributed by atoms with Crippen LogP contribution in [-0.4, -0.2) is 59.7 Å². The fourth-order valence-corrected chi connectivity index (χ4v) is 3.09. The average Bonchev–Trinajstić information content (AvgIpc) is 3.10. The van der Waals surface area contributed by atoms with Gasteiger partial charge in [-0.1, -0.05) is 6.92 Å². The van der Waals surface area contributed by atoms with Crippen LogP contribution >= 0.6 is 0 Å². The predicted octanol–water partition coefficient (Wildman–Crippen LogP) is 1.68. The zero-order valence-electron chi connectivity index (χ0n) is 14.9. The van der Waals surface area contributed by atoms with Gasteiger partial charge in [0, 0.05) is 45.5 Å². The summed E-state index contributed by atoms with van der Waals surface area (Å²) in [6.45, 7) is 7.17. The highest BCUT2D eigenvalue weighted by molar-refractivity contribution is 5.80. The number of likely N-dealkylation sites (tertiary alicyclic amines) is 1. The van der Waals surface area contributed by atoms with Crippen molar-refractivity contribution < 1.29 is 9.53 Å². The molecule has 2 rings (SSSR count). The summed E-state index contributed by atoms with van der Waals surface area (Å²) in [7, 11) is 1.80. The Morgan fingerprint density at radius 3 is 3.00 bits per heavy atom. The molecule has 0 saturated carbocycles. The zero-order chi connectivity index (χ0) is 17.4. The summed E-state index contributed by atoms with van der Waals surface area (Å²) < 4.78 is 7.13. The number of hydrogen-bond acceptors (Lipinski definition) is 4. The molecule has 0 amide bonds. The highest BCUT2D eigenvalue weighted by atomic mass is 16.5. The van der Waals surface area contributed by atoms with Gasteiger partial charge in [-0.3, -0.25) is 9.79 Å². The first-order valence-electron chi connectivity index (χ1n) is 8.74. The van der Waals surface area contributed by atoms with Crippen molar-refractivity contribution in [2.75, 3.05) is 33.3 Å². The van der Waals surface area contributed by atoms with Crippen LogP contribution in [0.5, 0.6) is 0 Å². The van der Waals surface area contributed by atoms with Crippen LogP contribution in [0.1, 0.15) is 39.2 Å². The number of aromatic nitrogens is 2. The number of nitrogens with zero attached hydrogens (tertiary/aromatic N) is 4. The third kappa shape index (κ3) is 4.97. The summed E-state index contributed by atoms with van der Waals surface area (Å²) in [4.78, 5) is 22.2. The Balaban J connectivity index is 1.83. The van der Waals surface area contributed by atoms with Gasteiger partial charge >= 0.3 is 5.97 Å². The van der Waals surface area contributed by atoms with Crippen LogP contribution in [0.15, 0.2) is 23.7 Å². The second-order valence-electron chi connectivity index (χ2n) is 6.17. The van der Waals surface area contributed by atoms with Gasteiger partial charge in [0.15, 0.2) is 5.96 Å². The summed E-state index contributed by atoms with van der Waals surface area (Å²) in [5.41, 5.74) is 0. The maximum atomic E-state index is 11.4. The highest BCUT2D eigenvalue weighted by Crippen LogP contribution is 2.27. The molecule has 2 unspecified atom stereocenters. The molecule has 1 saturated heterocycles. The molecular formula is C17H29N5O2. The predicted molar refractivity (Wildman–Crippen MR) is 93.8 cm³/mol. The van der Waals surface area contributed by atoms with Gasteiger partial charge in [0.1, 0.15) is 0 Å². The van der Waals surface area contributed by atoms with E-state index in [1.165, 1.54) is 0 Å². The molecule has 0 spiro atoms. The van der Waals surface area contributed by atoms with Crippen molar-refractivity contribution >= 4 is 11.9 Å². The number of nitrogens with one attached hydrogen (secondary N) is 1. The highest BCUT2D eigenvalue weighted by Gasteiger charge is 2.28. The fourth-order valence-electron chi connectivity index (χ4n) is 3.09. The van der Waals surface area contributed by atoms with Crippen molar-refractivity contribution in [2.24, 2.45) is 10.9 Å². The molecule has 2 atom stereocenters. The van der Waals surface area contributed by atoms with Gasteiger partial charge in [-0.05, 0) is 25.7 Å². The molecule has 7 heteroatoms. The first-order valence-corrected chi connectivity index (χ1v) is 8.74. The van der Waals surface area contributed by atoms with E-state index in [2.05, 4.69) is 31.7 Å². The molecule has 2 heterocycles. The van der Waals surface area contributed by atoms with Crippen molar-refractivity contribution in [1.29, 1.82) is 0 Å². The number of piperidine rings is 1. The third-order valence-electron chi connectivity index (χ3n) is 4.48. The normalized spacial score (nSPS) is 21.6. The maximum Gasteiger partial charge on any atom is 0.305 e.